The van der Waals surface area contributed by atoms with E-state index >= 15 is 0 Å². The number of hydrogen-bond donors (Lipinski definition) is 1. The number of rotatable bonds is 15. The average molecular weight is 637 g/mol. The van der Waals surface area contributed by atoms with Gasteiger partial charge in [-0.05, 0) is 56.2 Å². The molecule has 46 heavy (non-hydrogen) atoms. The van der Waals surface area contributed by atoms with Gasteiger partial charge in [0.25, 0.3) is 0 Å². The van der Waals surface area contributed by atoms with E-state index in [0.29, 0.717) is 47.9 Å². The Morgan fingerprint density at radius 1 is 1.09 bits per heavy atom. The second kappa shape index (κ2) is 18.3. The molecule has 8 nitrogen and oxygen atoms in total. The summed E-state index contributed by atoms with van der Waals surface area (Å²) in [6.45, 7) is 10.8. The van der Waals surface area contributed by atoms with E-state index in [-0.39, 0.29) is 17.9 Å². The first-order valence-corrected chi connectivity index (χ1v) is 14.9. The molecule has 0 bridgehead atoms. The van der Waals surface area contributed by atoms with E-state index in [1.54, 1.807) is 42.5 Å². The Hall–Kier alpha value is -4.77. The van der Waals surface area contributed by atoms with Gasteiger partial charge in [0.1, 0.15) is 36.3 Å². The second-order valence-electron chi connectivity index (χ2n) is 10.4. The molecule has 0 radical (unpaired) electrons. The van der Waals surface area contributed by atoms with Crippen LogP contribution in [0.25, 0.3) is 11.2 Å². The molecule has 0 atom stereocenters. The van der Waals surface area contributed by atoms with Crippen molar-refractivity contribution in [2.75, 3.05) is 19.9 Å². The summed E-state index contributed by atoms with van der Waals surface area (Å²) < 4.78 is 52.7. The van der Waals surface area contributed by atoms with Gasteiger partial charge in [0.15, 0.2) is 11.3 Å². The monoisotopic (exact) mass is 636 g/mol. The van der Waals surface area contributed by atoms with Crippen molar-refractivity contribution in [3.8, 4) is 5.88 Å². The minimum atomic E-state index is -1.03. The van der Waals surface area contributed by atoms with Gasteiger partial charge in [0.2, 0.25) is 5.88 Å². The molecule has 0 aliphatic heterocycles. The third-order valence-electron chi connectivity index (χ3n) is 6.67. The summed E-state index contributed by atoms with van der Waals surface area (Å²) in [4.78, 5) is 23.8. The van der Waals surface area contributed by atoms with Crippen molar-refractivity contribution in [2.24, 2.45) is 0 Å². The zero-order chi connectivity index (χ0) is 33.5. The fourth-order valence-electron chi connectivity index (χ4n) is 4.36. The van der Waals surface area contributed by atoms with Crippen molar-refractivity contribution in [1.82, 2.24) is 19.5 Å². The highest BCUT2D eigenvalue weighted by Crippen LogP contribution is 2.17. The lowest BCUT2D eigenvalue weighted by atomic mass is 10.1. The number of hydrogen-bond acceptors (Lipinski definition) is 6. The molecule has 11 heteroatoms. The van der Waals surface area contributed by atoms with Crippen molar-refractivity contribution in [3.63, 3.8) is 0 Å². The number of aryl methyl sites for hydroxylation is 1. The maximum Gasteiger partial charge on any atom is 0.354 e. The number of fused-ring (bicyclic) bond motifs is 1. The van der Waals surface area contributed by atoms with Gasteiger partial charge in [0.05, 0.1) is 6.61 Å². The molecule has 244 valence electrons. The summed E-state index contributed by atoms with van der Waals surface area (Å²) in [5.74, 6) is -1.24. The smallest absolute Gasteiger partial charge is 0.354 e. The molecule has 4 rings (SSSR count). The van der Waals surface area contributed by atoms with Gasteiger partial charge in [-0.1, -0.05) is 49.8 Å². The normalized spacial score (nSPS) is 11.7. The standard InChI is InChI=1S/C21H20F3NO.C14H19N3O3/c1-3-5-15(2)10-16(13-22)11-19-6-4-7-21(25-19)26-14-17-8-9-18(23)12-20(17)24;1-3-4-8-20-9-7-17-10(2)15-11-5-6-12(14(18)19)16-13(11)17/h3-10,12H,1,11,13-14H2,2H3;5-6H,3-4,7-9H2,1-2H3,(H,18,19)/b15-5-,16-10+;. The fourth-order valence-corrected chi connectivity index (χ4v) is 4.36. The first-order chi connectivity index (χ1) is 22.1. The van der Waals surface area contributed by atoms with Crippen molar-refractivity contribution in [1.29, 1.82) is 0 Å². The van der Waals surface area contributed by atoms with Crippen LogP contribution in [-0.4, -0.2) is 50.5 Å². The molecule has 1 N–H and O–H groups in total. The van der Waals surface area contributed by atoms with Gasteiger partial charge in [-0.15, -0.1) is 0 Å². The van der Waals surface area contributed by atoms with Crippen LogP contribution in [0.3, 0.4) is 0 Å². The van der Waals surface area contributed by atoms with Crippen LogP contribution < -0.4 is 4.74 Å². The predicted molar refractivity (Wildman–Crippen MR) is 172 cm³/mol. The van der Waals surface area contributed by atoms with E-state index in [1.807, 2.05) is 18.4 Å². The Kier molecular flexibility index (Phi) is 14.2. The molecule has 0 fully saturated rings. The number of aromatic carboxylic acids is 1. The molecule has 4 aromatic rings. The lowest BCUT2D eigenvalue weighted by molar-refractivity contribution is 0.0690. The van der Waals surface area contributed by atoms with Gasteiger partial charge in [-0.3, -0.25) is 0 Å². The van der Waals surface area contributed by atoms with E-state index in [2.05, 4.69) is 28.5 Å². The van der Waals surface area contributed by atoms with E-state index in [9.17, 15) is 18.0 Å². The number of carboxylic acids is 1. The Morgan fingerprint density at radius 2 is 1.89 bits per heavy atom. The van der Waals surface area contributed by atoms with Gasteiger partial charge in [-0.25, -0.2) is 32.9 Å². The molecular formula is C35H39F3N4O4. The summed E-state index contributed by atoms with van der Waals surface area (Å²) in [7, 11) is 0. The Morgan fingerprint density at radius 3 is 2.59 bits per heavy atom. The van der Waals surface area contributed by atoms with E-state index in [1.165, 1.54) is 18.2 Å². The molecule has 0 saturated heterocycles. The van der Waals surface area contributed by atoms with Crippen molar-refractivity contribution < 1.29 is 32.5 Å². The van der Waals surface area contributed by atoms with Crippen LogP contribution in [0.4, 0.5) is 13.2 Å². The van der Waals surface area contributed by atoms with Crippen molar-refractivity contribution in [3.05, 3.63) is 119 Å². The maximum absolute atomic E-state index is 13.6. The number of benzene rings is 1. The Balaban J connectivity index is 0.000000259. The topological polar surface area (TPSA) is 99.4 Å². The molecule has 0 aliphatic rings. The van der Waals surface area contributed by atoms with Crippen LogP contribution in [0.1, 0.15) is 54.3 Å². The minimum Gasteiger partial charge on any atom is -0.477 e. The Labute approximate surface area is 266 Å². The lowest BCUT2D eigenvalue weighted by Crippen LogP contribution is -2.10. The number of carbonyl (C=O) groups is 1. The third kappa shape index (κ3) is 11.0. The number of pyridine rings is 2. The average Bonchev–Trinajstić information content (AvgIpc) is 3.34. The van der Waals surface area contributed by atoms with Crippen LogP contribution in [0.15, 0.2) is 84.5 Å². The van der Waals surface area contributed by atoms with Crippen molar-refractivity contribution in [2.45, 2.75) is 53.2 Å². The number of imidazole rings is 1. The highest BCUT2D eigenvalue weighted by molar-refractivity contribution is 5.88. The van der Waals surface area contributed by atoms with Crippen molar-refractivity contribution >= 4 is 17.1 Å². The molecule has 0 unspecified atom stereocenters. The van der Waals surface area contributed by atoms with Gasteiger partial charge in [-0.2, -0.15) is 0 Å². The number of aromatic nitrogens is 4. The quantitative estimate of drug-likeness (QED) is 0.105. The highest BCUT2D eigenvalue weighted by atomic mass is 19.1. The zero-order valence-electron chi connectivity index (χ0n) is 26.3. The van der Waals surface area contributed by atoms with Gasteiger partial charge >= 0.3 is 5.97 Å². The molecule has 0 amide bonds. The zero-order valence-corrected chi connectivity index (χ0v) is 26.3. The van der Waals surface area contributed by atoms with Crippen LogP contribution in [-0.2, 0) is 24.3 Å². The molecular weight excluding hydrogens is 597 g/mol. The lowest BCUT2D eigenvalue weighted by Gasteiger charge is -2.09. The Bertz CT molecular complexity index is 1680. The predicted octanol–water partition coefficient (Wildman–Crippen LogP) is 7.76. The van der Waals surface area contributed by atoms with Crippen LogP contribution in [0, 0.1) is 18.6 Å². The first kappa shape index (κ1) is 35.7. The fraction of sp³-hybridized carbons (Fsp3) is 0.314. The van der Waals surface area contributed by atoms with Crippen LogP contribution in [0.2, 0.25) is 0 Å². The largest absolute Gasteiger partial charge is 0.477 e. The SMILES string of the molecule is C=C/C=C(C)\C=C(\CF)Cc1cccc(OCc2ccc(F)cc2F)n1.CCCCOCCn1c(C)nc2ccc(C(=O)O)nc21. The number of halogens is 3. The van der Waals surface area contributed by atoms with E-state index in [4.69, 9.17) is 14.6 Å². The number of nitrogens with zero attached hydrogens (tertiary/aromatic N) is 4. The summed E-state index contributed by atoms with van der Waals surface area (Å²) >= 11 is 0. The third-order valence-corrected chi connectivity index (χ3v) is 6.67. The van der Waals surface area contributed by atoms with E-state index in [0.717, 1.165) is 36.9 Å². The second-order valence-corrected chi connectivity index (χ2v) is 10.4. The summed E-state index contributed by atoms with van der Waals surface area (Å²) in [6, 6.07) is 11.6. The first-order valence-electron chi connectivity index (χ1n) is 14.9. The molecule has 3 aromatic heterocycles. The molecule has 3 heterocycles. The number of unbranched alkanes of at least 4 members (excludes halogenated alkanes) is 1. The molecule has 0 aliphatic carbocycles. The summed E-state index contributed by atoms with van der Waals surface area (Å²) in [5.41, 5.74) is 3.68. The molecule has 0 saturated carbocycles. The number of allylic oxidation sites excluding steroid dienone is 5. The number of ether oxygens (including phenoxy) is 2. The molecule has 1 aromatic carbocycles. The number of alkyl halides is 1. The summed E-state index contributed by atoms with van der Waals surface area (Å²) in [5, 5.41) is 9.00. The van der Waals surface area contributed by atoms with Crippen LogP contribution >= 0.6 is 0 Å². The maximum atomic E-state index is 13.6. The van der Waals surface area contributed by atoms with E-state index < -0.39 is 24.3 Å². The van der Waals surface area contributed by atoms with Gasteiger partial charge < -0.3 is 19.1 Å². The highest BCUT2D eigenvalue weighted by Gasteiger charge is 2.12. The van der Waals surface area contributed by atoms with Crippen LogP contribution in [0.5, 0.6) is 5.88 Å². The molecule has 0 spiro atoms. The van der Waals surface area contributed by atoms with Gasteiger partial charge in [0, 0.05) is 43.0 Å². The number of carboxylic acid groups (broad SMARTS) is 1. The summed E-state index contributed by atoms with van der Waals surface area (Å²) in [6.07, 6.45) is 7.68. The minimum absolute atomic E-state index is 0.0329.